The molecule has 0 aliphatic carbocycles. The average Bonchev–Trinajstić information content (AvgIpc) is 2.27. The number of rotatable bonds is 1. The highest BCUT2D eigenvalue weighted by Gasteiger charge is 2.17. The van der Waals surface area contributed by atoms with Gasteiger partial charge < -0.3 is 4.98 Å². The molecule has 2 rings (SSSR count). The fourth-order valence-corrected chi connectivity index (χ4v) is 1.67. The first-order valence-corrected chi connectivity index (χ1v) is 5.75. The molecule has 2 aromatic rings. The summed E-state index contributed by atoms with van der Waals surface area (Å²) in [6.45, 7) is 5.93. The van der Waals surface area contributed by atoms with Crippen LogP contribution in [0.1, 0.15) is 26.5 Å². The Balaban J connectivity index is 2.63. The molecule has 0 fully saturated rings. The van der Waals surface area contributed by atoms with E-state index in [-0.39, 0.29) is 11.2 Å². The van der Waals surface area contributed by atoms with Gasteiger partial charge in [-0.15, -0.1) is 0 Å². The van der Waals surface area contributed by atoms with E-state index >= 15 is 0 Å². The molecule has 0 radical (unpaired) electrons. The van der Waals surface area contributed by atoms with E-state index < -0.39 is 5.69 Å². The van der Waals surface area contributed by atoms with Crippen molar-refractivity contribution in [2.45, 2.75) is 26.2 Å². The van der Waals surface area contributed by atoms with Crippen LogP contribution in [0.4, 0.5) is 4.39 Å². The van der Waals surface area contributed by atoms with Crippen molar-refractivity contribution in [3.05, 3.63) is 52.3 Å². The highest BCUT2D eigenvalue weighted by Crippen LogP contribution is 2.24. The lowest BCUT2D eigenvalue weighted by atomic mass is 9.91. The van der Waals surface area contributed by atoms with Gasteiger partial charge in [-0.3, -0.25) is 0 Å². The first-order valence-electron chi connectivity index (χ1n) is 5.75. The normalized spacial score (nSPS) is 11.6. The zero-order chi connectivity index (χ0) is 13.3. The summed E-state index contributed by atoms with van der Waals surface area (Å²) in [6.07, 6.45) is 0. The first-order chi connectivity index (χ1) is 8.38. The third-order valence-corrected chi connectivity index (χ3v) is 2.70. The van der Waals surface area contributed by atoms with Gasteiger partial charge in [-0.2, -0.15) is 4.98 Å². The number of H-pyrrole nitrogens is 1. The van der Waals surface area contributed by atoms with Gasteiger partial charge in [0, 0.05) is 16.7 Å². The van der Waals surface area contributed by atoms with Crippen molar-refractivity contribution in [3.8, 4) is 11.3 Å². The fraction of sp³-hybridized carbons (Fsp3) is 0.286. The number of halogens is 1. The van der Waals surface area contributed by atoms with Crippen molar-refractivity contribution < 1.29 is 4.39 Å². The van der Waals surface area contributed by atoms with E-state index in [9.17, 15) is 9.18 Å². The minimum absolute atomic E-state index is 0.220. The second-order valence-corrected chi connectivity index (χ2v) is 5.22. The molecule has 3 nitrogen and oxygen atoms in total. The Labute approximate surface area is 105 Å². The molecule has 0 unspecified atom stereocenters. The summed E-state index contributed by atoms with van der Waals surface area (Å²) in [5.74, 6) is -0.379. The van der Waals surface area contributed by atoms with Crippen LogP contribution in [0.2, 0.25) is 0 Å². The van der Waals surface area contributed by atoms with Gasteiger partial charge >= 0.3 is 5.69 Å². The number of aromatic amines is 1. The van der Waals surface area contributed by atoms with Gasteiger partial charge in [0.15, 0.2) is 0 Å². The van der Waals surface area contributed by atoms with E-state index in [0.29, 0.717) is 11.3 Å². The SMILES string of the molecule is CC(C)(C)c1cc(-c2ccccc2F)nc(=O)[nH]1. The van der Waals surface area contributed by atoms with Crippen LogP contribution in [0.15, 0.2) is 35.1 Å². The molecule has 0 bridgehead atoms. The number of hydrogen-bond acceptors (Lipinski definition) is 2. The molecule has 18 heavy (non-hydrogen) atoms. The lowest BCUT2D eigenvalue weighted by Crippen LogP contribution is -2.22. The summed E-state index contributed by atoms with van der Waals surface area (Å²) in [5.41, 5.74) is 0.763. The molecule has 0 saturated heterocycles. The van der Waals surface area contributed by atoms with E-state index in [0.717, 1.165) is 5.69 Å². The molecule has 0 saturated carbocycles. The topological polar surface area (TPSA) is 45.8 Å². The van der Waals surface area contributed by atoms with E-state index in [1.54, 1.807) is 24.3 Å². The number of nitrogens with one attached hydrogen (secondary N) is 1. The largest absolute Gasteiger partial charge is 0.345 e. The molecular formula is C14H15FN2O. The highest BCUT2D eigenvalue weighted by atomic mass is 19.1. The van der Waals surface area contributed by atoms with Crippen LogP contribution in [0.25, 0.3) is 11.3 Å². The van der Waals surface area contributed by atoms with Crippen molar-refractivity contribution in [1.82, 2.24) is 9.97 Å². The minimum Gasteiger partial charge on any atom is -0.309 e. The number of aromatic nitrogens is 2. The van der Waals surface area contributed by atoms with Gasteiger partial charge in [-0.1, -0.05) is 32.9 Å². The van der Waals surface area contributed by atoms with Crippen molar-refractivity contribution in [2.24, 2.45) is 0 Å². The second-order valence-electron chi connectivity index (χ2n) is 5.22. The third kappa shape index (κ3) is 2.47. The number of benzene rings is 1. The molecule has 1 aromatic heterocycles. The zero-order valence-corrected chi connectivity index (χ0v) is 10.6. The van der Waals surface area contributed by atoms with Gasteiger partial charge in [0.05, 0.1) is 5.69 Å². The highest BCUT2D eigenvalue weighted by molar-refractivity contribution is 5.60. The van der Waals surface area contributed by atoms with Crippen LogP contribution >= 0.6 is 0 Å². The molecular weight excluding hydrogens is 231 g/mol. The Morgan fingerprint density at radius 1 is 1.22 bits per heavy atom. The summed E-state index contributed by atoms with van der Waals surface area (Å²) in [5, 5.41) is 0. The molecule has 0 aliphatic rings. The van der Waals surface area contributed by atoms with Crippen LogP contribution in [0.3, 0.4) is 0 Å². The number of hydrogen-bond donors (Lipinski definition) is 1. The molecule has 0 atom stereocenters. The molecule has 4 heteroatoms. The van der Waals surface area contributed by atoms with Crippen LogP contribution in [0, 0.1) is 5.82 Å². The van der Waals surface area contributed by atoms with Crippen LogP contribution in [0.5, 0.6) is 0 Å². The Hall–Kier alpha value is -1.97. The quantitative estimate of drug-likeness (QED) is 0.841. The van der Waals surface area contributed by atoms with E-state index in [4.69, 9.17) is 0 Å². The van der Waals surface area contributed by atoms with Crippen molar-refractivity contribution in [2.75, 3.05) is 0 Å². The van der Waals surface area contributed by atoms with E-state index in [1.165, 1.54) is 6.07 Å². The smallest absolute Gasteiger partial charge is 0.309 e. The summed E-state index contributed by atoms with van der Waals surface area (Å²) in [4.78, 5) is 18.1. The van der Waals surface area contributed by atoms with Gasteiger partial charge in [-0.05, 0) is 18.2 Å². The maximum atomic E-state index is 13.7. The molecule has 0 spiro atoms. The predicted molar refractivity (Wildman–Crippen MR) is 69.0 cm³/mol. The molecule has 1 heterocycles. The first kappa shape index (κ1) is 12.5. The number of nitrogens with zero attached hydrogens (tertiary/aromatic N) is 1. The lowest BCUT2D eigenvalue weighted by Gasteiger charge is -2.18. The van der Waals surface area contributed by atoms with Gasteiger partial charge in [0.25, 0.3) is 0 Å². The Bertz CT molecular complexity index is 626. The van der Waals surface area contributed by atoms with Crippen LogP contribution in [-0.4, -0.2) is 9.97 Å². The summed E-state index contributed by atoms with van der Waals surface area (Å²) >= 11 is 0. The zero-order valence-electron chi connectivity index (χ0n) is 10.6. The fourth-order valence-electron chi connectivity index (χ4n) is 1.67. The molecule has 0 aliphatic heterocycles. The van der Waals surface area contributed by atoms with Crippen LogP contribution < -0.4 is 5.69 Å². The van der Waals surface area contributed by atoms with Crippen molar-refractivity contribution in [1.29, 1.82) is 0 Å². The van der Waals surface area contributed by atoms with Gasteiger partial charge in [0.1, 0.15) is 5.82 Å². The Kier molecular flexibility index (Phi) is 3.03. The molecule has 1 N–H and O–H groups in total. The van der Waals surface area contributed by atoms with Gasteiger partial charge in [0.2, 0.25) is 0 Å². The van der Waals surface area contributed by atoms with Gasteiger partial charge in [-0.25, -0.2) is 9.18 Å². The van der Waals surface area contributed by atoms with E-state index in [1.807, 2.05) is 20.8 Å². The maximum absolute atomic E-state index is 13.7. The summed E-state index contributed by atoms with van der Waals surface area (Å²) < 4.78 is 13.7. The van der Waals surface area contributed by atoms with Crippen LogP contribution in [-0.2, 0) is 5.41 Å². The lowest BCUT2D eigenvalue weighted by molar-refractivity contribution is 0.564. The third-order valence-electron chi connectivity index (χ3n) is 2.70. The minimum atomic E-state index is -0.458. The average molecular weight is 246 g/mol. The Morgan fingerprint density at radius 3 is 2.50 bits per heavy atom. The molecule has 0 amide bonds. The van der Waals surface area contributed by atoms with Crippen molar-refractivity contribution in [3.63, 3.8) is 0 Å². The van der Waals surface area contributed by atoms with Crippen molar-refractivity contribution >= 4 is 0 Å². The van der Waals surface area contributed by atoms with E-state index in [2.05, 4.69) is 9.97 Å². The monoisotopic (exact) mass is 246 g/mol. The maximum Gasteiger partial charge on any atom is 0.345 e. The Morgan fingerprint density at radius 2 is 1.89 bits per heavy atom. The second kappa shape index (κ2) is 4.37. The summed E-state index contributed by atoms with van der Waals surface area (Å²) in [7, 11) is 0. The molecule has 94 valence electrons. The standard InChI is InChI=1S/C14H15FN2O/c1-14(2,3)12-8-11(16-13(18)17-12)9-6-4-5-7-10(9)15/h4-8H,1-3H3,(H,16,17,18). The summed E-state index contributed by atoms with van der Waals surface area (Å²) in [6, 6.07) is 8.02. The predicted octanol–water partition coefficient (Wildman–Crippen LogP) is 2.87. The molecule has 1 aromatic carbocycles.